The fourth-order valence-corrected chi connectivity index (χ4v) is 4.36. The number of aromatic nitrogens is 2. The third-order valence-electron chi connectivity index (χ3n) is 6.07. The summed E-state index contributed by atoms with van der Waals surface area (Å²) in [6.45, 7) is 8.47. The van der Waals surface area contributed by atoms with Crippen molar-refractivity contribution in [3.63, 3.8) is 0 Å². The molecule has 0 bridgehead atoms. The first kappa shape index (κ1) is 16.5. The maximum Gasteiger partial charge on any atom is 0.243 e. The van der Waals surface area contributed by atoms with E-state index in [0.29, 0.717) is 5.92 Å². The highest BCUT2D eigenvalue weighted by Gasteiger charge is 2.32. The molecule has 3 heterocycles. The number of hydrogen-bond donors (Lipinski definition) is 0. The van der Waals surface area contributed by atoms with Crippen molar-refractivity contribution in [2.75, 3.05) is 32.7 Å². The molecule has 1 saturated carbocycles. The highest BCUT2D eigenvalue weighted by molar-refractivity contribution is 5.05. The molecule has 24 heavy (non-hydrogen) atoms. The summed E-state index contributed by atoms with van der Waals surface area (Å²) < 4.78 is 5.57. The fourth-order valence-electron chi connectivity index (χ4n) is 4.36. The highest BCUT2D eigenvalue weighted by Crippen LogP contribution is 2.39. The van der Waals surface area contributed by atoms with Crippen LogP contribution in [0.25, 0.3) is 0 Å². The Hall–Kier alpha value is -0.940. The Morgan fingerprint density at radius 3 is 2.58 bits per heavy atom. The molecule has 0 unspecified atom stereocenters. The summed E-state index contributed by atoms with van der Waals surface area (Å²) >= 11 is 0. The first-order valence-electron chi connectivity index (χ1n) is 10.1. The average molecular weight is 332 g/mol. The summed E-state index contributed by atoms with van der Waals surface area (Å²) in [7, 11) is 0. The van der Waals surface area contributed by atoms with Crippen LogP contribution in [0.5, 0.6) is 0 Å². The van der Waals surface area contributed by atoms with E-state index in [2.05, 4.69) is 26.9 Å². The van der Waals surface area contributed by atoms with Crippen molar-refractivity contribution in [3.05, 3.63) is 11.7 Å². The lowest BCUT2D eigenvalue weighted by Crippen LogP contribution is -2.42. The van der Waals surface area contributed by atoms with Gasteiger partial charge in [-0.05, 0) is 71.0 Å². The molecule has 2 atom stereocenters. The fraction of sp³-hybridized carbons (Fsp3) is 0.895. The molecule has 0 N–H and O–H groups in total. The summed E-state index contributed by atoms with van der Waals surface area (Å²) in [4.78, 5) is 9.95. The van der Waals surface area contributed by atoms with Crippen molar-refractivity contribution in [1.82, 2.24) is 19.9 Å². The molecule has 3 aliphatic rings. The minimum absolute atomic E-state index is 0.261. The van der Waals surface area contributed by atoms with Crippen LogP contribution in [0.2, 0.25) is 0 Å². The largest absolute Gasteiger partial charge is 0.338 e. The Balaban J connectivity index is 1.33. The van der Waals surface area contributed by atoms with Crippen molar-refractivity contribution in [1.29, 1.82) is 0 Å². The van der Waals surface area contributed by atoms with Crippen LogP contribution < -0.4 is 0 Å². The first-order chi connectivity index (χ1) is 11.8. The van der Waals surface area contributed by atoms with Crippen LogP contribution in [0.4, 0.5) is 0 Å². The van der Waals surface area contributed by atoms with Gasteiger partial charge in [0.1, 0.15) is 0 Å². The Morgan fingerprint density at radius 2 is 1.83 bits per heavy atom. The van der Waals surface area contributed by atoms with Crippen molar-refractivity contribution in [2.24, 2.45) is 5.92 Å². The molecule has 0 aromatic carbocycles. The van der Waals surface area contributed by atoms with Crippen LogP contribution in [0.15, 0.2) is 4.52 Å². The van der Waals surface area contributed by atoms with Gasteiger partial charge in [-0.1, -0.05) is 18.0 Å². The predicted molar refractivity (Wildman–Crippen MR) is 93.9 cm³/mol. The number of likely N-dealkylation sites (tertiary alicyclic amines) is 2. The van der Waals surface area contributed by atoms with E-state index >= 15 is 0 Å². The van der Waals surface area contributed by atoms with Crippen LogP contribution in [0.3, 0.4) is 0 Å². The molecule has 134 valence electrons. The third-order valence-corrected chi connectivity index (χ3v) is 6.07. The lowest BCUT2D eigenvalue weighted by atomic mass is 9.96. The molecule has 0 amide bonds. The zero-order valence-corrected chi connectivity index (χ0v) is 15.1. The normalized spacial score (nSPS) is 28.6. The van der Waals surface area contributed by atoms with E-state index in [0.717, 1.165) is 17.6 Å². The number of piperidine rings is 1. The van der Waals surface area contributed by atoms with Crippen LogP contribution in [-0.2, 0) is 0 Å². The summed E-state index contributed by atoms with van der Waals surface area (Å²) in [5, 5.41) is 4.20. The Kier molecular flexibility index (Phi) is 5.18. The van der Waals surface area contributed by atoms with E-state index in [9.17, 15) is 0 Å². The number of nitrogens with zero attached hydrogens (tertiary/aromatic N) is 4. The van der Waals surface area contributed by atoms with E-state index in [1.165, 1.54) is 84.1 Å². The molecule has 0 radical (unpaired) electrons. The minimum atomic E-state index is 0.261. The van der Waals surface area contributed by atoms with Crippen LogP contribution in [-0.4, -0.2) is 52.7 Å². The van der Waals surface area contributed by atoms with Gasteiger partial charge in [-0.25, -0.2) is 0 Å². The minimum Gasteiger partial charge on any atom is -0.338 e. The third kappa shape index (κ3) is 3.99. The summed E-state index contributed by atoms with van der Waals surface area (Å²) in [5.74, 6) is 3.14. The van der Waals surface area contributed by atoms with Gasteiger partial charge in [-0.2, -0.15) is 4.98 Å². The van der Waals surface area contributed by atoms with Gasteiger partial charge < -0.3 is 9.42 Å². The predicted octanol–water partition coefficient (Wildman–Crippen LogP) is 3.60. The van der Waals surface area contributed by atoms with Gasteiger partial charge >= 0.3 is 0 Å². The topological polar surface area (TPSA) is 45.4 Å². The molecular formula is C19H32N4O. The molecule has 3 fully saturated rings. The zero-order valence-electron chi connectivity index (χ0n) is 15.1. The number of rotatable bonds is 5. The molecule has 1 aliphatic carbocycles. The molecule has 1 aromatic heterocycles. The average Bonchev–Trinajstić information content (AvgIpc) is 3.39. The molecule has 4 rings (SSSR count). The second-order valence-corrected chi connectivity index (χ2v) is 8.16. The van der Waals surface area contributed by atoms with E-state index in [4.69, 9.17) is 4.52 Å². The molecule has 5 heteroatoms. The van der Waals surface area contributed by atoms with Gasteiger partial charge in [0.2, 0.25) is 5.89 Å². The van der Waals surface area contributed by atoms with Crippen LogP contribution in [0, 0.1) is 5.92 Å². The summed E-state index contributed by atoms with van der Waals surface area (Å²) in [5.41, 5.74) is 0. The van der Waals surface area contributed by atoms with Crippen molar-refractivity contribution in [3.8, 4) is 0 Å². The van der Waals surface area contributed by atoms with Gasteiger partial charge in [-0.3, -0.25) is 4.90 Å². The lowest BCUT2D eigenvalue weighted by Gasteiger charge is -2.37. The molecule has 5 nitrogen and oxygen atoms in total. The molecule has 1 aromatic rings. The van der Waals surface area contributed by atoms with Gasteiger partial charge in [-0.15, -0.1) is 0 Å². The Morgan fingerprint density at radius 1 is 1.04 bits per heavy atom. The van der Waals surface area contributed by atoms with Crippen molar-refractivity contribution < 1.29 is 4.52 Å². The lowest BCUT2D eigenvalue weighted by molar-refractivity contribution is 0.0906. The van der Waals surface area contributed by atoms with Gasteiger partial charge in [0.25, 0.3) is 0 Å². The van der Waals surface area contributed by atoms with Crippen LogP contribution in [0.1, 0.15) is 82.0 Å². The second kappa shape index (κ2) is 7.52. The van der Waals surface area contributed by atoms with Crippen molar-refractivity contribution >= 4 is 0 Å². The van der Waals surface area contributed by atoms with Crippen LogP contribution >= 0.6 is 0 Å². The van der Waals surface area contributed by atoms with Gasteiger partial charge in [0.05, 0.1) is 6.04 Å². The Labute approximate surface area is 145 Å². The smallest absolute Gasteiger partial charge is 0.243 e. The van der Waals surface area contributed by atoms with Gasteiger partial charge in [0, 0.05) is 19.0 Å². The van der Waals surface area contributed by atoms with E-state index in [1.54, 1.807) is 0 Å². The maximum absolute atomic E-state index is 5.57. The zero-order chi connectivity index (χ0) is 16.4. The quantitative estimate of drug-likeness (QED) is 0.824. The van der Waals surface area contributed by atoms with Gasteiger partial charge in [0.15, 0.2) is 5.82 Å². The molecule has 2 saturated heterocycles. The highest BCUT2D eigenvalue weighted by atomic mass is 16.5. The van der Waals surface area contributed by atoms with E-state index in [1.807, 2.05) is 0 Å². The first-order valence-corrected chi connectivity index (χ1v) is 10.1. The van der Waals surface area contributed by atoms with E-state index in [-0.39, 0.29) is 6.04 Å². The maximum atomic E-state index is 5.57. The second-order valence-electron chi connectivity index (χ2n) is 8.16. The summed E-state index contributed by atoms with van der Waals surface area (Å²) in [6.07, 6.45) is 10.8. The van der Waals surface area contributed by atoms with Crippen molar-refractivity contribution in [2.45, 2.75) is 70.3 Å². The molecular weight excluding hydrogens is 300 g/mol. The molecule has 2 aliphatic heterocycles. The molecule has 0 spiro atoms. The standard InChI is InChI=1S/C19H32N4O/c1-15(19-20-18(21-24-19)17-8-9-17)23-12-6-7-16(14-23)13-22-10-4-2-3-5-11-22/h15-17H,2-14H2,1H3/t15-,16-/m0/s1. The van der Waals surface area contributed by atoms with E-state index < -0.39 is 0 Å². The number of hydrogen-bond acceptors (Lipinski definition) is 5. The Bertz CT molecular complexity index is 519. The SMILES string of the molecule is C[C@@H](c1nc(C2CC2)no1)N1CCC[C@@H](CN2CCCCCC2)C1. The summed E-state index contributed by atoms with van der Waals surface area (Å²) in [6, 6.07) is 0.261. The monoisotopic (exact) mass is 332 g/mol.